The number of benzene rings is 2. The molecule has 5 heteroatoms. The van der Waals surface area contributed by atoms with Crippen molar-refractivity contribution in [2.75, 3.05) is 7.11 Å². The molecule has 0 radical (unpaired) electrons. The van der Waals surface area contributed by atoms with Gasteiger partial charge in [-0.2, -0.15) is 0 Å². The van der Waals surface area contributed by atoms with Crippen LogP contribution in [-0.4, -0.2) is 23.2 Å². The van der Waals surface area contributed by atoms with Crippen LogP contribution in [0.5, 0.6) is 5.75 Å². The van der Waals surface area contributed by atoms with Crippen molar-refractivity contribution in [2.24, 2.45) is 0 Å². The molecule has 4 nitrogen and oxygen atoms in total. The van der Waals surface area contributed by atoms with Gasteiger partial charge in [0.25, 0.3) is 0 Å². The zero-order valence-electron chi connectivity index (χ0n) is 14.4. The summed E-state index contributed by atoms with van der Waals surface area (Å²) in [5.41, 5.74) is 3.55. The molecule has 0 aliphatic carbocycles. The first kappa shape index (κ1) is 16.5. The maximum atomic E-state index is 12.0. The topological polar surface area (TPSA) is 59.4 Å². The number of hydrogen-bond acceptors (Lipinski definition) is 4. The summed E-state index contributed by atoms with van der Waals surface area (Å²) in [4.78, 5) is 16.8. The molecule has 0 amide bonds. The van der Waals surface area contributed by atoms with E-state index in [4.69, 9.17) is 9.72 Å². The summed E-state index contributed by atoms with van der Waals surface area (Å²) in [5, 5.41) is 13.5. The maximum absolute atomic E-state index is 12.0. The van der Waals surface area contributed by atoms with Crippen LogP contribution in [0.25, 0.3) is 32.2 Å². The molecule has 4 rings (SSSR count). The van der Waals surface area contributed by atoms with Crippen molar-refractivity contribution in [3.8, 4) is 17.0 Å². The van der Waals surface area contributed by atoms with Gasteiger partial charge in [-0.3, -0.25) is 0 Å². The lowest BCUT2D eigenvalue weighted by Gasteiger charge is -2.13. The first-order valence-electron chi connectivity index (χ1n) is 8.34. The lowest BCUT2D eigenvalue weighted by Crippen LogP contribution is -2.03. The quantitative estimate of drug-likeness (QED) is 0.528. The third kappa shape index (κ3) is 2.52. The van der Waals surface area contributed by atoms with Gasteiger partial charge in [0.2, 0.25) is 0 Å². The van der Waals surface area contributed by atoms with Crippen LogP contribution >= 0.6 is 11.3 Å². The Balaban J connectivity index is 2.10. The van der Waals surface area contributed by atoms with Crippen LogP contribution in [0.15, 0.2) is 47.8 Å². The number of carbonyl (C=O) groups is 1. The number of pyridine rings is 1. The van der Waals surface area contributed by atoms with E-state index >= 15 is 0 Å². The highest BCUT2D eigenvalue weighted by Gasteiger charge is 2.19. The van der Waals surface area contributed by atoms with Crippen LogP contribution in [0.2, 0.25) is 0 Å². The summed E-state index contributed by atoms with van der Waals surface area (Å²) < 4.78 is 6.57. The van der Waals surface area contributed by atoms with E-state index in [-0.39, 0.29) is 5.56 Å². The molecular weight excluding hydrogens is 346 g/mol. The number of ether oxygens (including phenoxy) is 1. The molecule has 0 atom stereocenters. The van der Waals surface area contributed by atoms with Crippen molar-refractivity contribution in [3.05, 3.63) is 59.0 Å². The molecule has 0 unspecified atom stereocenters. The summed E-state index contributed by atoms with van der Waals surface area (Å²) in [6.45, 7) is 2.04. The van der Waals surface area contributed by atoms with Crippen molar-refractivity contribution in [2.45, 2.75) is 13.3 Å². The first-order valence-corrected chi connectivity index (χ1v) is 9.22. The Morgan fingerprint density at radius 2 is 2.04 bits per heavy atom. The zero-order chi connectivity index (χ0) is 18.3. The summed E-state index contributed by atoms with van der Waals surface area (Å²) in [7, 11) is 1.55. The number of nitrogens with zero attached hydrogens (tertiary/aromatic N) is 1. The molecule has 0 fully saturated rings. The van der Waals surface area contributed by atoms with Crippen molar-refractivity contribution in [3.63, 3.8) is 0 Å². The Kier molecular flexibility index (Phi) is 4.09. The standard InChI is InChI=1S/C21H17NO3S/c1-3-12-8-9-17(25-2)19-14(21(23)24)10-16(22-20(12)19)15-11-26-18-7-5-4-6-13(15)18/h4-11H,3H2,1-2H3,(H,23,24). The number of aryl methyl sites for hydroxylation is 1. The van der Waals surface area contributed by atoms with Gasteiger partial charge in [0, 0.05) is 21.0 Å². The van der Waals surface area contributed by atoms with Crippen molar-refractivity contribution in [1.82, 2.24) is 4.98 Å². The Morgan fingerprint density at radius 3 is 2.77 bits per heavy atom. The lowest BCUT2D eigenvalue weighted by atomic mass is 9.99. The van der Waals surface area contributed by atoms with Crippen LogP contribution in [0.1, 0.15) is 22.8 Å². The predicted octanol–water partition coefficient (Wildman–Crippen LogP) is 5.39. The van der Waals surface area contributed by atoms with Gasteiger partial charge in [0.1, 0.15) is 5.75 Å². The van der Waals surface area contributed by atoms with Gasteiger partial charge in [-0.05, 0) is 30.2 Å². The monoisotopic (exact) mass is 363 g/mol. The number of methoxy groups -OCH3 is 1. The summed E-state index contributed by atoms with van der Waals surface area (Å²) in [5.74, 6) is -0.450. The van der Waals surface area contributed by atoms with Crippen LogP contribution in [0, 0.1) is 0 Å². The van der Waals surface area contributed by atoms with Crippen LogP contribution < -0.4 is 4.74 Å². The highest BCUT2D eigenvalue weighted by Crippen LogP contribution is 2.37. The van der Waals surface area contributed by atoms with E-state index in [9.17, 15) is 9.90 Å². The third-order valence-corrected chi connectivity index (χ3v) is 5.56. The molecule has 2 aromatic heterocycles. The Hall–Kier alpha value is -2.92. The second-order valence-corrected chi connectivity index (χ2v) is 6.92. The SMILES string of the molecule is CCc1ccc(OC)c2c(C(=O)O)cc(-c3csc4ccccc34)nc12. The average molecular weight is 363 g/mol. The molecule has 4 aromatic rings. The highest BCUT2D eigenvalue weighted by molar-refractivity contribution is 7.17. The van der Waals surface area contributed by atoms with E-state index in [1.54, 1.807) is 24.5 Å². The molecule has 2 heterocycles. The molecule has 2 aromatic carbocycles. The van der Waals surface area contributed by atoms with Crippen molar-refractivity contribution < 1.29 is 14.6 Å². The number of fused-ring (bicyclic) bond motifs is 2. The minimum absolute atomic E-state index is 0.215. The molecule has 0 saturated carbocycles. The Labute approximate surface area is 154 Å². The number of thiophene rings is 1. The van der Waals surface area contributed by atoms with Crippen LogP contribution in [-0.2, 0) is 6.42 Å². The van der Waals surface area contributed by atoms with Gasteiger partial charge in [0.05, 0.1) is 29.3 Å². The van der Waals surface area contributed by atoms with Crippen molar-refractivity contribution >= 4 is 38.3 Å². The minimum atomic E-state index is -0.982. The van der Waals surface area contributed by atoms with Crippen LogP contribution in [0.4, 0.5) is 0 Å². The summed E-state index contributed by atoms with van der Waals surface area (Å²) in [6.07, 6.45) is 0.764. The van der Waals surface area contributed by atoms with Gasteiger partial charge in [-0.1, -0.05) is 31.2 Å². The molecule has 130 valence electrons. The van der Waals surface area contributed by atoms with E-state index < -0.39 is 5.97 Å². The fourth-order valence-electron chi connectivity index (χ4n) is 3.30. The van der Waals surface area contributed by atoms with E-state index in [2.05, 4.69) is 6.07 Å². The fraction of sp³-hybridized carbons (Fsp3) is 0.143. The second-order valence-electron chi connectivity index (χ2n) is 6.01. The molecule has 0 spiro atoms. The average Bonchev–Trinajstić information content (AvgIpc) is 3.10. The van der Waals surface area contributed by atoms with E-state index in [0.717, 1.165) is 27.6 Å². The van der Waals surface area contributed by atoms with E-state index in [0.29, 0.717) is 22.3 Å². The second kappa shape index (κ2) is 6.42. The lowest BCUT2D eigenvalue weighted by molar-refractivity contribution is 0.0698. The van der Waals surface area contributed by atoms with Gasteiger partial charge in [-0.15, -0.1) is 11.3 Å². The Morgan fingerprint density at radius 1 is 1.23 bits per heavy atom. The number of hydrogen-bond donors (Lipinski definition) is 1. The molecular formula is C21H17NO3S. The molecule has 1 N–H and O–H groups in total. The van der Waals surface area contributed by atoms with Gasteiger partial charge >= 0.3 is 5.97 Å². The number of aromatic nitrogens is 1. The van der Waals surface area contributed by atoms with Gasteiger partial charge < -0.3 is 9.84 Å². The molecule has 0 bridgehead atoms. The predicted molar refractivity (Wildman–Crippen MR) is 105 cm³/mol. The number of rotatable bonds is 4. The molecule has 0 aliphatic heterocycles. The number of aromatic carboxylic acids is 1. The molecule has 26 heavy (non-hydrogen) atoms. The number of carboxylic acid groups (broad SMARTS) is 1. The van der Waals surface area contributed by atoms with Gasteiger partial charge in [0.15, 0.2) is 0 Å². The minimum Gasteiger partial charge on any atom is -0.496 e. The van der Waals surface area contributed by atoms with Crippen molar-refractivity contribution in [1.29, 1.82) is 0 Å². The summed E-state index contributed by atoms with van der Waals surface area (Å²) >= 11 is 1.63. The molecule has 0 saturated heterocycles. The smallest absolute Gasteiger partial charge is 0.336 e. The molecule has 0 aliphatic rings. The van der Waals surface area contributed by atoms with E-state index in [1.807, 2.05) is 42.6 Å². The first-order chi connectivity index (χ1) is 12.6. The largest absolute Gasteiger partial charge is 0.496 e. The highest BCUT2D eigenvalue weighted by atomic mass is 32.1. The number of carboxylic acids is 1. The van der Waals surface area contributed by atoms with Crippen LogP contribution in [0.3, 0.4) is 0 Å². The fourth-order valence-corrected chi connectivity index (χ4v) is 4.26. The third-order valence-electron chi connectivity index (χ3n) is 4.59. The van der Waals surface area contributed by atoms with Gasteiger partial charge in [-0.25, -0.2) is 9.78 Å². The normalized spacial score (nSPS) is 11.2. The Bertz CT molecular complexity index is 1150. The maximum Gasteiger partial charge on any atom is 0.336 e. The zero-order valence-corrected chi connectivity index (χ0v) is 15.3. The van der Waals surface area contributed by atoms with E-state index in [1.165, 1.54) is 0 Å². The summed E-state index contributed by atoms with van der Waals surface area (Å²) in [6, 6.07) is 13.5.